The van der Waals surface area contributed by atoms with E-state index in [2.05, 4.69) is 30.7 Å². The Hall–Kier alpha value is -2.99. The lowest BCUT2D eigenvalue weighted by Gasteiger charge is -1.97. The third-order valence-corrected chi connectivity index (χ3v) is 3.58. The van der Waals surface area contributed by atoms with Crippen molar-refractivity contribution in [1.29, 1.82) is 0 Å². The summed E-state index contributed by atoms with van der Waals surface area (Å²) >= 11 is 5.92. The third-order valence-electron chi connectivity index (χ3n) is 3.35. The lowest BCUT2D eigenvalue weighted by atomic mass is 10.2. The van der Waals surface area contributed by atoms with Gasteiger partial charge in [0, 0.05) is 15.9 Å². The summed E-state index contributed by atoms with van der Waals surface area (Å²) in [6.45, 7) is 0. The van der Waals surface area contributed by atoms with E-state index in [0.717, 1.165) is 22.0 Å². The Labute approximate surface area is 136 Å². The molecule has 6 nitrogen and oxygen atoms in total. The van der Waals surface area contributed by atoms with E-state index < -0.39 is 0 Å². The molecule has 0 aliphatic carbocycles. The normalized spacial score (nSPS) is 11.5. The molecule has 0 fully saturated rings. The van der Waals surface area contributed by atoms with Gasteiger partial charge in [-0.05, 0) is 23.8 Å². The number of hydrazone groups is 1. The first-order valence-electron chi connectivity index (χ1n) is 6.95. The average Bonchev–Trinajstić information content (AvgIpc) is 2.92. The van der Waals surface area contributed by atoms with Crippen molar-refractivity contribution < 1.29 is 0 Å². The van der Waals surface area contributed by atoms with Crippen LogP contribution in [0.3, 0.4) is 0 Å². The summed E-state index contributed by atoms with van der Waals surface area (Å²) in [7, 11) is 0. The van der Waals surface area contributed by atoms with E-state index in [9.17, 15) is 0 Å². The lowest BCUT2D eigenvalue weighted by molar-refractivity contribution is 1.01. The zero-order valence-corrected chi connectivity index (χ0v) is 12.6. The number of halogens is 1. The van der Waals surface area contributed by atoms with E-state index in [0.29, 0.717) is 16.6 Å². The number of hydrogen-bond donors (Lipinski definition) is 2. The molecule has 2 heterocycles. The van der Waals surface area contributed by atoms with E-state index in [4.69, 9.17) is 11.6 Å². The number of anilines is 1. The zero-order chi connectivity index (χ0) is 15.6. The Bertz CT molecular complexity index is 1020. The molecule has 23 heavy (non-hydrogen) atoms. The van der Waals surface area contributed by atoms with Gasteiger partial charge < -0.3 is 4.98 Å². The van der Waals surface area contributed by atoms with Gasteiger partial charge in [-0.15, -0.1) is 10.2 Å². The van der Waals surface area contributed by atoms with E-state index in [1.165, 1.54) is 0 Å². The Morgan fingerprint density at radius 2 is 2.00 bits per heavy atom. The van der Waals surface area contributed by atoms with E-state index in [-0.39, 0.29) is 0 Å². The fourth-order valence-electron chi connectivity index (χ4n) is 2.32. The van der Waals surface area contributed by atoms with Crippen LogP contribution < -0.4 is 5.43 Å². The molecule has 0 spiro atoms. The Kier molecular flexibility index (Phi) is 3.36. The molecular formula is C16H11ClN6. The maximum absolute atomic E-state index is 5.92. The highest BCUT2D eigenvalue weighted by Gasteiger charge is 2.07. The number of hydrogen-bond acceptors (Lipinski definition) is 5. The quantitative estimate of drug-likeness (QED) is 0.446. The molecule has 0 radical (unpaired) electrons. The van der Waals surface area contributed by atoms with Crippen LogP contribution in [0.2, 0.25) is 5.02 Å². The molecule has 4 aromatic rings. The summed E-state index contributed by atoms with van der Waals surface area (Å²) in [5.74, 6) is 0.322. The number of aromatic nitrogens is 4. The van der Waals surface area contributed by atoms with E-state index >= 15 is 0 Å². The standard InChI is InChI=1S/C16H11ClN6/c17-11-5-3-4-10(8-11)9-18-22-16-20-15-14(21-23-16)12-6-1-2-7-13(12)19-15/h1-9H,(H2,19,20,22,23). The van der Waals surface area contributed by atoms with Gasteiger partial charge in [0.15, 0.2) is 5.65 Å². The minimum Gasteiger partial charge on any atom is -0.338 e. The van der Waals surface area contributed by atoms with Crippen molar-refractivity contribution in [3.8, 4) is 0 Å². The average molecular weight is 323 g/mol. The van der Waals surface area contributed by atoms with Gasteiger partial charge in [-0.2, -0.15) is 10.1 Å². The van der Waals surface area contributed by atoms with Crippen LogP contribution in [0.5, 0.6) is 0 Å². The van der Waals surface area contributed by atoms with Gasteiger partial charge in [0.1, 0.15) is 5.52 Å². The van der Waals surface area contributed by atoms with Crippen molar-refractivity contribution in [2.24, 2.45) is 5.10 Å². The molecule has 4 rings (SSSR count). The van der Waals surface area contributed by atoms with Crippen molar-refractivity contribution in [3.63, 3.8) is 0 Å². The minimum atomic E-state index is 0.322. The van der Waals surface area contributed by atoms with Crippen molar-refractivity contribution in [1.82, 2.24) is 20.2 Å². The SMILES string of the molecule is Clc1cccc(C=NNc2nnc3c(n2)[nH]c2ccccc23)c1. The first-order chi connectivity index (χ1) is 11.3. The summed E-state index contributed by atoms with van der Waals surface area (Å²) in [5, 5.41) is 14.0. The smallest absolute Gasteiger partial charge is 0.265 e. The predicted molar refractivity (Wildman–Crippen MR) is 91.9 cm³/mol. The molecular weight excluding hydrogens is 312 g/mol. The molecule has 0 unspecified atom stereocenters. The Balaban J connectivity index is 1.61. The monoisotopic (exact) mass is 322 g/mol. The highest BCUT2D eigenvalue weighted by molar-refractivity contribution is 6.30. The van der Waals surface area contributed by atoms with E-state index in [1.807, 2.05) is 48.5 Å². The molecule has 112 valence electrons. The van der Waals surface area contributed by atoms with Crippen LogP contribution in [0.1, 0.15) is 5.56 Å². The van der Waals surface area contributed by atoms with Gasteiger partial charge in [-0.25, -0.2) is 5.43 Å². The zero-order valence-electron chi connectivity index (χ0n) is 11.9. The van der Waals surface area contributed by atoms with Crippen molar-refractivity contribution in [2.45, 2.75) is 0 Å². The van der Waals surface area contributed by atoms with Gasteiger partial charge in [0.05, 0.1) is 6.21 Å². The maximum Gasteiger partial charge on any atom is 0.265 e. The van der Waals surface area contributed by atoms with Gasteiger partial charge >= 0.3 is 0 Å². The first-order valence-corrected chi connectivity index (χ1v) is 7.33. The third kappa shape index (κ3) is 2.72. The number of nitrogens with zero attached hydrogens (tertiary/aromatic N) is 4. The maximum atomic E-state index is 5.92. The van der Waals surface area contributed by atoms with Crippen LogP contribution in [0, 0.1) is 0 Å². The largest absolute Gasteiger partial charge is 0.338 e. The molecule has 0 aliphatic rings. The molecule has 0 amide bonds. The van der Waals surface area contributed by atoms with Gasteiger partial charge in [0.25, 0.3) is 5.95 Å². The molecule has 7 heteroatoms. The highest BCUT2D eigenvalue weighted by Crippen LogP contribution is 2.21. The van der Waals surface area contributed by atoms with Crippen LogP contribution >= 0.6 is 11.6 Å². The number of para-hydroxylation sites is 1. The second-order valence-corrected chi connectivity index (χ2v) is 5.36. The highest BCUT2D eigenvalue weighted by atomic mass is 35.5. The lowest BCUT2D eigenvalue weighted by Crippen LogP contribution is -1.98. The molecule has 0 aliphatic heterocycles. The fourth-order valence-corrected chi connectivity index (χ4v) is 2.52. The summed E-state index contributed by atoms with van der Waals surface area (Å²) in [6, 6.07) is 15.3. The molecule has 0 atom stereocenters. The van der Waals surface area contributed by atoms with Crippen molar-refractivity contribution in [2.75, 3.05) is 5.43 Å². The summed E-state index contributed by atoms with van der Waals surface area (Å²) in [4.78, 5) is 7.59. The second kappa shape index (κ2) is 5.66. The molecule has 0 saturated heterocycles. The van der Waals surface area contributed by atoms with Crippen LogP contribution in [0.25, 0.3) is 22.1 Å². The Morgan fingerprint density at radius 1 is 1.09 bits per heavy atom. The van der Waals surface area contributed by atoms with Gasteiger partial charge in [0.2, 0.25) is 0 Å². The number of aromatic amines is 1. The Morgan fingerprint density at radius 3 is 2.91 bits per heavy atom. The van der Waals surface area contributed by atoms with Crippen molar-refractivity contribution >= 4 is 45.8 Å². The van der Waals surface area contributed by atoms with Gasteiger partial charge in [-0.1, -0.05) is 41.9 Å². The second-order valence-electron chi connectivity index (χ2n) is 4.93. The van der Waals surface area contributed by atoms with Crippen LogP contribution in [-0.2, 0) is 0 Å². The fraction of sp³-hybridized carbons (Fsp3) is 0. The van der Waals surface area contributed by atoms with Gasteiger partial charge in [-0.3, -0.25) is 0 Å². The van der Waals surface area contributed by atoms with E-state index in [1.54, 1.807) is 6.21 Å². The number of H-pyrrole nitrogens is 1. The van der Waals surface area contributed by atoms with Crippen LogP contribution in [-0.4, -0.2) is 26.4 Å². The topological polar surface area (TPSA) is 78.8 Å². The molecule has 2 aromatic heterocycles. The van der Waals surface area contributed by atoms with Crippen LogP contribution in [0.4, 0.5) is 5.95 Å². The minimum absolute atomic E-state index is 0.322. The summed E-state index contributed by atoms with van der Waals surface area (Å²) in [6.07, 6.45) is 1.64. The molecule has 2 aromatic carbocycles. The predicted octanol–water partition coefficient (Wildman–Crippen LogP) is 3.61. The molecule has 0 saturated carbocycles. The number of benzene rings is 2. The summed E-state index contributed by atoms with van der Waals surface area (Å²) in [5.41, 5.74) is 6.03. The van der Waals surface area contributed by atoms with Crippen LogP contribution in [0.15, 0.2) is 53.6 Å². The number of fused-ring (bicyclic) bond motifs is 3. The number of nitrogens with one attached hydrogen (secondary N) is 2. The number of rotatable bonds is 3. The van der Waals surface area contributed by atoms with Crippen molar-refractivity contribution in [3.05, 3.63) is 59.1 Å². The molecule has 0 bridgehead atoms. The first kappa shape index (κ1) is 13.7. The summed E-state index contributed by atoms with van der Waals surface area (Å²) < 4.78 is 0. The molecule has 2 N–H and O–H groups in total.